The van der Waals surface area contributed by atoms with Crippen LogP contribution in [-0.2, 0) is 4.74 Å². The number of anilines is 1. The van der Waals surface area contributed by atoms with Crippen molar-refractivity contribution in [1.82, 2.24) is 0 Å². The standard InChI is InChI=1S/C8H11N.C3H8.C2H6O/c1-9(2)8-6-4-3-5-7-8;2*1-3-2/h3-7H,1-2H3;3H2,1-2H3;1-2H3. The fourth-order valence-electron chi connectivity index (χ4n) is 0.726. The summed E-state index contributed by atoms with van der Waals surface area (Å²) in [6.45, 7) is 4.25. The minimum Gasteiger partial charge on any atom is -0.388 e. The van der Waals surface area contributed by atoms with Crippen molar-refractivity contribution in [3.05, 3.63) is 30.3 Å². The molecule has 15 heavy (non-hydrogen) atoms. The molecule has 0 bridgehead atoms. The lowest BCUT2D eigenvalue weighted by Gasteiger charge is -2.10. The van der Waals surface area contributed by atoms with Gasteiger partial charge >= 0.3 is 0 Å². The zero-order chi connectivity index (χ0) is 12.1. The number of benzene rings is 1. The van der Waals surface area contributed by atoms with E-state index in [0.29, 0.717) is 0 Å². The Morgan fingerprint density at radius 3 is 1.53 bits per heavy atom. The van der Waals surface area contributed by atoms with Gasteiger partial charge in [0.1, 0.15) is 0 Å². The maximum Gasteiger partial charge on any atom is 0.0360 e. The Morgan fingerprint density at radius 2 is 1.33 bits per heavy atom. The molecule has 1 aromatic rings. The molecule has 0 aromatic heterocycles. The fourth-order valence-corrected chi connectivity index (χ4v) is 0.726. The van der Waals surface area contributed by atoms with Gasteiger partial charge in [-0.2, -0.15) is 0 Å². The third-order valence-corrected chi connectivity index (χ3v) is 1.27. The van der Waals surface area contributed by atoms with E-state index >= 15 is 0 Å². The van der Waals surface area contributed by atoms with Gasteiger partial charge in [0.05, 0.1) is 0 Å². The molecule has 0 aliphatic rings. The van der Waals surface area contributed by atoms with Crippen molar-refractivity contribution >= 4 is 5.69 Å². The molecule has 0 fully saturated rings. The number of hydrogen-bond donors (Lipinski definition) is 0. The summed E-state index contributed by atoms with van der Waals surface area (Å²) in [5.74, 6) is 0. The first kappa shape index (κ1) is 16.4. The highest BCUT2D eigenvalue weighted by Gasteiger charge is 1.87. The van der Waals surface area contributed by atoms with Gasteiger partial charge in [-0.15, -0.1) is 0 Å². The lowest BCUT2D eigenvalue weighted by Crippen LogP contribution is -2.07. The van der Waals surface area contributed by atoms with E-state index < -0.39 is 0 Å². The molecule has 0 saturated heterocycles. The first-order valence-corrected chi connectivity index (χ1v) is 5.26. The zero-order valence-corrected chi connectivity index (χ0v) is 10.9. The monoisotopic (exact) mass is 211 g/mol. The smallest absolute Gasteiger partial charge is 0.0360 e. The number of para-hydroxylation sites is 1. The van der Waals surface area contributed by atoms with Gasteiger partial charge in [0.2, 0.25) is 0 Å². The fraction of sp³-hybridized carbons (Fsp3) is 0.538. The second kappa shape index (κ2) is 13.0. The summed E-state index contributed by atoms with van der Waals surface area (Å²) in [5.41, 5.74) is 1.25. The Labute approximate surface area is 94.9 Å². The molecular weight excluding hydrogens is 186 g/mol. The highest BCUT2D eigenvalue weighted by Crippen LogP contribution is 2.07. The van der Waals surface area contributed by atoms with Crippen molar-refractivity contribution in [2.75, 3.05) is 33.2 Å². The van der Waals surface area contributed by atoms with Gasteiger partial charge in [0.25, 0.3) is 0 Å². The minimum atomic E-state index is 1.25. The SMILES string of the molecule is CCC.CN(C)c1ccccc1.COC. The van der Waals surface area contributed by atoms with E-state index in [1.54, 1.807) is 14.2 Å². The normalized spacial score (nSPS) is 7.87. The Morgan fingerprint density at radius 1 is 1.00 bits per heavy atom. The van der Waals surface area contributed by atoms with E-state index in [1.165, 1.54) is 12.1 Å². The maximum absolute atomic E-state index is 4.25. The van der Waals surface area contributed by atoms with Crippen LogP contribution in [0.1, 0.15) is 20.3 Å². The van der Waals surface area contributed by atoms with Crippen LogP contribution in [0.2, 0.25) is 0 Å². The van der Waals surface area contributed by atoms with Crippen molar-refractivity contribution in [2.45, 2.75) is 20.3 Å². The first-order chi connectivity index (χ1) is 7.13. The molecule has 0 spiro atoms. The lowest BCUT2D eigenvalue weighted by molar-refractivity contribution is 0.277. The molecule has 1 rings (SSSR count). The van der Waals surface area contributed by atoms with E-state index in [-0.39, 0.29) is 0 Å². The predicted molar refractivity (Wildman–Crippen MR) is 69.7 cm³/mol. The van der Waals surface area contributed by atoms with Gasteiger partial charge < -0.3 is 9.64 Å². The summed E-state index contributed by atoms with van der Waals surface area (Å²) in [4.78, 5) is 2.08. The van der Waals surface area contributed by atoms with E-state index in [0.717, 1.165) is 0 Å². The van der Waals surface area contributed by atoms with Crippen molar-refractivity contribution in [3.8, 4) is 0 Å². The molecule has 0 atom stereocenters. The van der Waals surface area contributed by atoms with Crippen LogP contribution in [0.3, 0.4) is 0 Å². The van der Waals surface area contributed by atoms with Crippen LogP contribution in [0, 0.1) is 0 Å². The van der Waals surface area contributed by atoms with Gasteiger partial charge in [0, 0.05) is 34.0 Å². The molecule has 0 aliphatic carbocycles. The highest BCUT2D eigenvalue weighted by atomic mass is 16.4. The molecular formula is C13H25NO. The summed E-state index contributed by atoms with van der Waals surface area (Å²) < 4.78 is 4.25. The van der Waals surface area contributed by atoms with Crippen LogP contribution in [-0.4, -0.2) is 28.3 Å². The number of methoxy groups -OCH3 is 1. The lowest BCUT2D eigenvalue weighted by atomic mass is 10.3. The molecule has 0 N–H and O–H groups in total. The van der Waals surface area contributed by atoms with Crippen LogP contribution in [0.15, 0.2) is 30.3 Å². The van der Waals surface area contributed by atoms with Crippen LogP contribution in [0.4, 0.5) is 5.69 Å². The third-order valence-electron chi connectivity index (χ3n) is 1.27. The molecule has 2 nitrogen and oxygen atoms in total. The second-order valence-electron chi connectivity index (χ2n) is 3.35. The van der Waals surface area contributed by atoms with Crippen LogP contribution < -0.4 is 4.90 Å². The van der Waals surface area contributed by atoms with E-state index in [2.05, 4.69) is 35.6 Å². The van der Waals surface area contributed by atoms with Crippen molar-refractivity contribution in [1.29, 1.82) is 0 Å². The van der Waals surface area contributed by atoms with Gasteiger partial charge in [0.15, 0.2) is 0 Å². The minimum absolute atomic E-state index is 1.25. The number of rotatable bonds is 1. The molecule has 1 aromatic carbocycles. The van der Waals surface area contributed by atoms with E-state index in [1.807, 2.05) is 32.3 Å². The van der Waals surface area contributed by atoms with Gasteiger partial charge in [-0.25, -0.2) is 0 Å². The van der Waals surface area contributed by atoms with Crippen LogP contribution in [0.25, 0.3) is 0 Å². The first-order valence-electron chi connectivity index (χ1n) is 5.26. The number of hydrogen-bond acceptors (Lipinski definition) is 2. The van der Waals surface area contributed by atoms with E-state index in [4.69, 9.17) is 0 Å². The third kappa shape index (κ3) is 13.0. The molecule has 0 aliphatic heterocycles. The quantitative estimate of drug-likeness (QED) is 0.705. The summed E-state index contributed by atoms with van der Waals surface area (Å²) in [6.07, 6.45) is 1.25. The Balaban J connectivity index is 0. The van der Waals surface area contributed by atoms with Gasteiger partial charge in [-0.1, -0.05) is 38.5 Å². The number of ether oxygens (including phenoxy) is 1. The highest BCUT2D eigenvalue weighted by molar-refractivity contribution is 5.43. The van der Waals surface area contributed by atoms with Crippen LogP contribution in [0.5, 0.6) is 0 Å². The molecule has 0 heterocycles. The molecule has 2 heteroatoms. The van der Waals surface area contributed by atoms with Crippen molar-refractivity contribution in [3.63, 3.8) is 0 Å². The van der Waals surface area contributed by atoms with E-state index in [9.17, 15) is 0 Å². The topological polar surface area (TPSA) is 12.5 Å². The average molecular weight is 211 g/mol. The molecule has 0 radical (unpaired) electrons. The molecule has 0 unspecified atom stereocenters. The summed E-state index contributed by atoms with van der Waals surface area (Å²) >= 11 is 0. The van der Waals surface area contributed by atoms with Gasteiger partial charge in [-0.3, -0.25) is 0 Å². The largest absolute Gasteiger partial charge is 0.388 e. The molecule has 0 saturated carbocycles. The summed E-state index contributed by atoms with van der Waals surface area (Å²) in [7, 11) is 7.32. The van der Waals surface area contributed by atoms with Crippen molar-refractivity contribution < 1.29 is 4.74 Å². The zero-order valence-electron chi connectivity index (χ0n) is 10.9. The maximum atomic E-state index is 4.25. The Kier molecular flexibility index (Phi) is 14.2. The van der Waals surface area contributed by atoms with Crippen molar-refractivity contribution in [2.24, 2.45) is 0 Å². The summed E-state index contributed by atoms with van der Waals surface area (Å²) in [6, 6.07) is 10.3. The van der Waals surface area contributed by atoms with Gasteiger partial charge in [-0.05, 0) is 12.1 Å². The average Bonchev–Trinajstić information content (AvgIpc) is 2.21. The second-order valence-corrected chi connectivity index (χ2v) is 3.35. The predicted octanol–water partition coefficient (Wildman–Crippen LogP) is 3.43. The summed E-state index contributed by atoms with van der Waals surface area (Å²) in [5, 5.41) is 0. The van der Waals surface area contributed by atoms with Crippen LogP contribution >= 0.6 is 0 Å². The molecule has 88 valence electrons. The Hall–Kier alpha value is -1.02. The molecule has 0 amide bonds. The Bertz CT molecular complexity index is 195. The number of nitrogens with zero attached hydrogens (tertiary/aromatic N) is 1.